The molecule has 3 heteroatoms. The molecule has 2 atom stereocenters. The van der Waals surface area contributed by atoms with Gasteiger partial charge in [0.05, 0.1) is 23.5 Å². The van der Waals surface area contributed by atoms with Gasteiger partial charge in [0, 0.05) is 6.54 Å². The highest BCUT2D eigenvalue weighted by Crippen LogP contribution is 2.37. The third kappa shape index (κ3) is 4.14. The predicted octanol–water partition coefficient (Wildman–Crippen LogP) is 5.81. The maximum Gasteiger partial charge on any atom is 0.0986 e. The number of hydrogen-bond acceptors (Lipinski definition) is 3. The fourth-order valence-corrected chi connectivity index (χ4v) is 4.19. The summed E-state index contributed by atoms with van der Waals surface area (Å²) in [5.41, 5.74) is 5.81. The molecule has 4 aromatic carbocycles. The van der Waals surface area contributed by atoms with Gasteiger partial charge in [0.1, 0.15) is 0 Å². The number of anilines is 1. The van der Waals surface area contributed by atoms with E-state index in [1.807, 2.05) is 6.07 Å². The Morgan fingerprint density at radius 1 is 0.645 bits per heavy atom. The molecule has 1 heterocycles. The van der Waals surface area contributed by atoms with E-state index in [-0.39, 0.29) is 12.1 Å². The normalized spacial score (nSPS) is 18.1. The lowest BCUT2D eigenvalue weighted by atomic mass is 9.92. The van der Waals surface area contributed by atoms with Gasteiger partial charge in [-0.25, -0.2) is 0 Å². The van der Waals surface area contributed by atoms with Gasteiger partial charge in [0.15, 0.2) is 0 Å². The first kappa shape index (κ1) is 19.3. The molecule has 5 rings (SSSR count). The summed E-state index contributed by atoms with van der Waals surface area (Å²) in [6.07, 6.45) is 0. The van der Waals surface area contributed by atoms with Crippen LogP contribution in [0.15, 0.2) is 126 Å². The third-order valence-electron chi connectivity index (χ3n) is 5.69. The molecule has 0 aromatic heterocycles. The minimum absolute atomic E-state index is 0.0465. The lowest BCUT2D eigenvalue weighted by molar-refractivity contribution is 0.530. The Bertz CT molecular complexity index is 1130. The molecule has 0 fully saturated rings. The van der Waals surface area contributed by atoms with Crippen LogP contribution in [-0.2, 0) is 6.54 Å². The van der Waals surface area contributed by atoms with Crippen molar-refractivity contribution in [2.24, 2.45) is 5.10 Å². The Hall–Kier alpha value is -3.69. The number of para-hydroxylation sites is 1. The van der Waals surface area contributed by atoms with Gasteiger partial charge in [-0.15, -0.1) is 0 Å². The van der Waals surface area contributed by atoms with E-state index >= 15 is 0 Å². The molecule has 0 saturated heterocycles. The highest BCUT2D eigenvalue weighted by molar-refractivity contribution is 6.07. The second-order valence-electron chi connectivity index (χ2n) is 7.73. The Labute approximate surface area is 183 Å². The maximum atomic E-state index is 5.17. The fourth-order valence-electron chi connectivity index (χ4n) is 4.19. The molecule has 152 valence electrons. The zero-order valence-corrected chi connectivity index (χ0v) is 17.3. The predicted molar refractivity (Wildman–Crippen MR) is 128 cm³/mol. The van der Waals surface area contributed by atoms with Crippen LogP contribution in [0.3, 0.4) is 0 Å². The number of benzene rings is 4. The first-order valence-corrected chi connectivity index (χ1v) is 10.7. The van der Waals surface area contributed by atoms with E-state index in [0.29, 0.717) is 0 Å². The Morgan fingerprint density at radius 2 is 1.19 bits per heavy atom. The standard InChI is InChI=1S/C28H25N3/c1-5-13-22(14-6-1)21-29-27-26(23-15-7-2-8-16-23)30-31(25-19-11-4-12-20-25)28(27)24-17-9-3-10-18-24/h1-20,27-29H,21H2/t27-,28+/m1/s1. The maximum absolute atomic E-state index is 5.17. The number of nitrogens with one attached hydrogen (secondary N) is 1. The van der Waals surface area contributed by atoms with Crippen molar-refractivity contribution in [3.05, 3.63) is 138 Å². The molecule has 0 saturated carbocycles. The van der Waals surface area contributed by atoms with E-state index in [1.165, 1.54) is 11.1 Å². The SMILES string of the molecule is c1ccc(CN[C@@H]2C(c3ccccc3)=NN(c3ccccc3)[C@H]2c2ccccc2)cc1. The summed E-state index contributed by atoms with van der Waals surface area (Å²) in [5.74, 6) is 0. The second kappa shape index (κ2) is 8.99. The van der Waals surface area contributed by atoms with Crippen molar-refractivity contribution < 1.29 is 0 Å². The van der Waals surface area contributed by atoms with Gasteiger partial charge >= 0.3 is 0 Å². The summed E-state index contributed by atoms with van der Waals surface area (Å²) in [7, 11) is 0. The lowest BCUT2D eigenvalue weighted by Gasteiger charge is -2.29. The highest BCUT2D eigenvalue weighted by atomic mass is 15.5. The molecule has 0 aliphatic carbocycles. The van der Waals surface area contributed by atoms with Crippen LogP contribution >= 0.6 is 0 Å². The van der Waals surface area contributed by atoms with Crippen LogP contribution in [0.1, 0.15) is 22.7 Å². The molecule has 1 aliphatic rings. The van der Waals surface area contributed by atoms with E-state index in [9.17, 15) is 0 Å². The van der Waals surface area contributed by atoms with E-state index in [0.717, 1.165) is 23.5 Å². The number of nitrogens with zero attached hydrogens (tertiary/aromatic N) is 2. The number of hydrazone groups is 1. The van der Waals surface area contributed by atoms with Crippen LogP contribution in [0.25, 0.3) is 0 Å². The van der Waals surface area contributed by atoms with Crippen molar-refractivity contribution in [1.82, 2.24) is 5.32 Å². The largest absolute Gasteiger partial charge is 0.302 e. The molecule has 0 spiro atoms. The summed E-state index contributed by atoms with van der Waals surface area (Å²) in [6, 6.07) is 42.3. The molecule has 31 heavy (non-hydrogen) atoms. The quantitative estimate of drug-likeness (QED) is 0.440. The Balaban J connectivity index is 1.58. The monoisotopic (exact) mass is 403 g/mol. The van der Waals surface area contributed by atoms with Crippen molar-refractivity contribution >= 4 is 11.4 Å². The smallest absolute Gasteiger partial charge is 0.0986 e. The van der Waals surface area contributed by atoms with Gasteiger partial charge in [0.2, 0.25) is 0 Å². The average molecular weight is 404 g/mol. The second-order valence-corrected chi connectivity index (χ2v) is 7.73. The van der Waals surface area contributed by atoms with Gasteiger partial charge in [0.25, 0.3) is 0 Å². The number of rotatable bonds is 6. The lowest BCUT2D eigenvalue weighted by Crippen LogP contribution is -2.41. The summed E-state index contributed by atoms with van der Waals surface area (Å²) < 4.78 is 0. The van der Waals surface area contributed by atoms with Crippen LogP contribution < -0.4 is 10.3 Å². The molecule has 1 N–H and O–H groups in total. The molecular weight excluding hydrogens is 378 g/mol. The summed E-state index contributed by atoms with van der Waals surface area (Å²) in [5, 5.41) is 11.2. The molecule has 3 nitrogen and oxygen atoms in total. The van der Waals surface area contributed by atoms with E-state index < -0.39 is 0 Å². The molecule has 1 aliphatic heterocycles. The van der Waals surface area contributed by atoms with Gasteiger partial charge < -0.3 is 5.32 Å². The van der Waals surface area contributed by atoms with Crippen LogP contribution in [0.5, 0.6) is 0 Å². The molecular formula is C28H25N3. The zero-order chi connectivity index (χ0) is 20.9. The van der Waals surface area contributed by atoms with Crippen molar-refractivity contribution in [3.63, 3.8) is 0 Å². The van der Waals surface area contributed by atoms with E-state index in [4.69, 9.17) is 5.10 Å². The summed E-state index contributed by atoms with van der Waals surface area (Å²) in [6.45, 7) is 0.781. The van der Waals surface area contributed by atoms with Crippen molar-refractivity contribution in [2.75, 3.05) is 5.01 Å². The van der Waals surface area contributed by atoms with Crippen molar-refractivity contribution in [2.45, 2.75) is 18.6 Å². The average Bonchev–Trinajstić information content (AvgIpc) is 3.24. The zero-order valence-electron chi connectivity index (χ0n) is 17.3. The summed E-state index contributed by atoms with van der Waals surface area (Å²) in [4.78, 5) is 0. The number of hydrogen-bond donors (Lipinski definition) is 1. The summed E-state index contributed by atoms with van der Waals surface area (Å²) >= 11 is 0. The van der Waals surface area contributed by atoms with Gasteiger partial charge in [-0.3, -0.25) is 5.01 Å². The third-order valence-corrected chi connectivity index (χ3v) is 5.69. The van der Waals surface area contributed by atoms with E-state index in [1.54, 1.807) is 0 Å². The first-order valence-electron chi connectivity index (χ1n) is 10.7. The minimum Gasteiger partial charge on any atom is -0.302 e. The van der Waals surface area contributed by atoms with Crippen LogP contribution in [-0.4, -0.2) is 11.8 Å². The van der Waals surface area contributed by atoms with Crippen LogP contribution in [0.2, 0.25) is 0 Å². The van der Waals surface area contributed by atoms with Crippen molar-refractivity contribution in [1.29, 1.82) is 0 Å². The van der Waals surface area contributed by atoms with Crippen molar-refractivity contribution in [3.8, 4) is 0 Å². The molecule has 0 amide bonds. The molecule has 0 radical (unpaired) electrons. The van der Waals surface area contributed by atoms with Crippen LogP contribution in [0, 0.1) is 0 Å². The minimum atomic E-state index is 0.0465. The van der Waals surface area contributed by atoms with Gasteiger partial charge in [-0.1, -0.05) is 109 Å². The van der Waals surface area contributed by atoms with Gasteiger partial charge in [-0.05, 0) is 28.8 Å². The highest BCUT2D eigenvalue weighted by Gasteiger charge is 2.39. The fraction of sp³-hybridized carbons (Fsp3) is 0.107. The molecule has 4 aromatic rings. The van der Waals surface area contributed by atoms with E-state index in [2.05, 4.69) is 126 Å². The Kier molecular flexibility index (Phi) is 5.59. The van der Waals surface area contributed by atoms with Gasteiger partial charge in [-0.2, -0.15) is 5.10 Å². The molecule has 0 bridgehead atoms. The van der Waals surface area contributed by atoms with Crippen LogP contribution in [0.4, 0.5) is 5.69 Å². The first-order chi connectivity index (χ1) is 15.4. The molecule has 0 unspecified atom stereocenters. The Morgan fingerprint density at radius 3 is 1.84 bits per heavy atom. The topological polar surface area (TPSA) is 27.6 Å².